The summed E-state index contributed by atoms with van der Waals surface area (Å²) in [7, 11) is 0. The molecule has 0 bridgehead atoms. The zero-order valence-electron chi connectivity index (χ0n) is 21.8. The minimum atomic E-state index is -5.04. The highest BCUT2D eigenvalue weighted by atomic mass is 19.4. The Morgan fingerprint density at radius 2 is 1.05 bits per heavy atom. The molecule has 0 saturated carbocycles. The van der Waals surface area contributed by atoms with E-state index in [4.69, 9.17) is 0 Å². The molecular formula is C32H20F10. The quantitative estimate of drug-likeness (QED) is 0.113. The molecule has 4 rings (SSSR count). The third-order valence-corrected chi connectivity index (χ3v) is 6.45. The lowest BCUT2D eigenvalue weighted by Gasteiger charge is -2.13. The number of halogens is 10. The summed E-state index contributed by atoms with van der Waals surface area (Å²) < 4.78 is 140. The summed E-state index contributed by atoms with van der Waals surface area (Å²) in [4.78, 5) is 0. The second-order valence-corrected chi connectivity index (χ2v) is 9.46. The van der Waals surface area contributed by atoms with E-state index in [0.29, 0.717) is 36.6 Å². The number of hydrogen-bond donors (Lipinski definition) is 0. The van der Waals surface area contributed by atoms with Crippen molar-refractivity contribution in [3.05, 3.63) is 106 Å². The van der Waals surface area contributed by atoms with Crippen molar-refractivity contribution < 1.29 is 43.9 Å². The maximum atomic E-state index is 15.1. The zero-order valence-corrected chi connectivity index (χ0v) is 21.8. The van der Waals surface area contributed by atoms with Crippen molar-refractivity contribution in [2.45, 2.75) is 38.8 Å². The van der Waals surface area contributed by atoms with Gasteiger partial charge in [-0.05, 0) is 77.6 Å². The van der Waals surface area contributed by atoms with Crippen molar-refractivity contribution in [3.8, 4) is 45.2 Å². The Bertz CT molecular complexity index is 1640. The minimum absolute atomic E-state index is 0.0845. The summed E-state index contributed by atoms with van der Waals surface area (Å²) in [6.07, 6.45) is -1.61. The molecule has 10 heteroatoms. The molecule has 0 saturated heterocycles. The number of aryl methyl sites for hydroxylation is 1. The molecule has 42 heavy (non-hydrogen) atoms. The molecule has 0 amide bonds. The Morgan fingerprint density at radius 1 is 0.571 bits per heavy atom. The summed E-state index contributed by atoms with van der Waals surface area (Å²) in [5.74, 6) is -7.39. The molecule has 0 aliphatic heterocycles. The van der Waals surface area contributed by atoms with Crippen molar-refractivity contribution in [2.75, 3.05) is 0 Å². The van der Waals surface area contributed by atoms with Gasteiger partial charge in [0.15, 0.2) is 0 Å². The van der Waals surface area contributed by atoms with Crippen LogP contribution >= 0.6 is 0 Å². The van der Waals surface area contributed by atoms with Gasteiger partial charge in [0.2, 0.25) is 0 Å². The fraction of sp³-hybridized carbons (Fsp3) is 0.188. The van der Waals surface area contributed by atoms with Gasteiger partial charge >= 0.3 is 6.18 Å². The second-order valence-electron chi connectivity index (χ2n) is 9.46. The maximum Gasteiger partial charge on any atom is 0.458 e. The number of benzene rings is 4. The zero-order chi connectivity index (χ0) is 30.8. The van der Waals surface area contributed by atoms with Crippen LogP contribution in [-0.2, 0) is 6.42 Å². The summed E-state index contributed by atoms with van der Waals surface area (Å²) in [5.41, 5.74) is -3.94. The van der Waals surface area contributed by atoms with E-state index in [0.717, 1.165) is 37.0 Å². The molecule has 0 aliphatic carbocycles. The van der Waals surface area contributed by atoms with Crippen molar-refractivity contribution in [1.82, 2.24) is 0 Å². The normalized spacial score (nSPS) is 11.4. The first-order valence-corrected chi connectivity index (χ1v) is 12.7. The largest absolute Gasteiger partial charge is 0.458 e. The molecule has 0 spiro atoms. The first-order valence-electron chi connectivity index (χ1n) is 12.7. The third kappa shape index (κ3) is 6.78. The Balaban J connectivity index is 1.69. The molecule has 218 valence electrons. The molecule has 0 aromatic heterocycles. The van der Waals surface area contributed by atoms with E-state index in [-0.39, 0.29) is 11.1 Å². The molecule has 0 N–H and O–H groups in total. The molecule has 0 nitrogen and oxygen atoms in total. The summed E-state index contributed by atoms with van der Waals surface area (Å²) in [6.45, 7) is 2.03. The average Bonchev–Trinajstić information content (AvgIpc) is 2.87. The predicted molar refractivity (Wildman–Crippen MR) is 139 cm³/mol. The van der Waals surface area contributed by atoms with E-state index in [9.17, 15) is 26.3 Å². The fourth-order valence-electron chi connectivity index (χ4n) is 4.50. The van der Waals surface area contributed by atoms with Gasteiger partial charge in [-0.3, -0.25) is 0 Å². The molecule has 0 atom stereocenters. The number of hydrogen-bond acceptors (Lipinski definition) is 0. The van der Waals surface area contributed by atoms with E-state index in [1.54, 1.807) is 6.07 Å². The highest BCUT2D eigenvalue weighted by molar-refractivity contribution is 5.75. The van der Waals surface area contributed by atoms with Gasteiger partial charge in [-0.2, -0.15) is 13.2 Å². The summed E-state index contributed by atoms with van der Waals surface area (Å²) in [5, 5.41) is 0. The van der Waals surface area contributed by atoms with Crippen molar-refractivity contribution in [3.63, 3.8) is 0 Å². The van der Waals surface area contributed by atoms with Crippen LogP contribution in [0.1, 0.15) is 37.3 Å². The van der Waals surface area contributed by atoms with Gasteiger partial charge in [-0.25, -0.2) is 30.7 Å². The van der Waals surface area contributed by atoms with E-state index < -0.39 is 74.7 Å². The van der Waals surface area contributed by atoms with Crippen molar-refractivity contribution >= 4 is 0 Å². The van der Waals surface area contributed by atoms with Crippen LogP contribution < -0.4 is 0 Å². The Kier molecular flexibility index (Phi) is 9.00. The third-order valence-electron chi connectivity index (χ3n) is 6.45. The predicted octanol–water partition coefficient (Wildman–Crippen LogP) is 10.3. The van der Waals surface area contributed by atoms with E-state index >= 15 is 17.6 Å². The number of alkyl halides is 3. The standard InChI is InChI=1S/C32H20F10/c1-2-3-4-5-17-6-7-21(23(33)10-17)18-11-26(36)31(27(37)12-18)20-15-28(38)30(29(39)16-20)19-13-24(34)22(25(35)14-19)8-9-32(40,41)42/h6-7,10-16H,2-5H2,1H3. The van der Waals surface area contributed by atoms with Crippen LogP contribution in [0.3, 0.4) is 0 Å². The molecule has 4 aromatic rings. The highest BCUT2D eigenvalue weighted by Crippen LogP contribution is 2.37. The van der Waals surface area contributed by atoms with Crippen LogP contribution in [0, 0.1) is 52.6 Å². The molecular weight excluding hydrogens is 574 g/mol. The Hall–Kier alpha value is -4.26. The number of rotatable bonds is 7. The van der Waals surface area contributed by atoms with E-state index in [1.165, 1.54) is 18.1 Å². The summed E-state index contributed by atoms with van der Waals surface area (Å²) >= 11 is 0. The van der Waals surface area contributed by atoms with Crippen LogP contribution in [0.4, 0.5) is 43.9 Å². The first kappa shape index (κ1) is 30.7. The topological polar surface area (TPSA) is 0 Å². The van der Waals surface area contributed by atoms with Gasteiger partial charge in [0.1, 0.15) is 40.7 Å². The highest BCUT2D eigenvalue weighted by Gasteiger charge is 2.25. The fourth-order valence-corrected chi connectivity index (χ4v) is 4.50. The monoisotopic (exact) mass is 594 g/mol. The van der Waals surface area contributed by atoms with Gasteiger partial charge in [0.05, 0.1) is 16.7 Å². The molecule has 0 fully saturated rings. The smallest absolute Gasteiger partial charge is 0.206 e. The Labute approximate surface area is 234 Å². The number of unbranched alkanes of at least 4 members (excludes halogenated alkanes) is 2. The van der Waals surface area contributed by atoms with Gasteiger partial charge in [0, 0.05) is 11.5 Å². The van der Waals surface area contributed by atoms with Crippen molar-refractivity contribution in [2.24, 2.45) is 0 Å². The molecule has 4 aromatic carbocycles. The minimum Gasteiger partial charge on any atom is -0.206 e. The maximum absolute atomic E-state index is 15.1. The summed E-state index contributed by atoms with van der Waals surface area (Å²) in [6, 6.07) is 7.73. The Morgan fingerprint density at radius 3 is 1.50 bits per heavy atom. The lowest BCUT2D eigenvalue weighted by molar-refractivity contribution is -0.0696. The van der Waals surface area contributed by atoms with Gasteiger partial charge in [0.25, 0.3) is 0 Å². The van der Waals surface area contributed by atoms with Gasteiger partial charge < -0.3 is 0 Å². The van der Waals surface area contributed by atoms with Crippen molar-refractivity contribution in [1.29, 1.82) is 0 Å². The van der Waals surface area contributed by atoms with Crippen LogP contribution in [0.15, 0.2) is 54.6 Å². The van der Waals surface area contributed by atoms with E-state index in [1.807, 2.05) is 6.92 Å². The molecule has 0 radical (unpaired) electrons. The van der Waals surface area contributed by atoms with Crippen LogP contribution in [0.5, 0.6) is 0 Å². The first-order chi connectivity index (χ1) is 19.8. The molecule has 0 heterocycles. The lowest BCUT2D eigenvalue weighted by atomic mass is 9.95. The van der Waals surface area contributed by atoms with Gasteiger partial charge in [-0.15, -0.1) is 0 Å². The van der Waals surface area contributed by atoms with Crippen LogP contribution in [0.2, 0.25) is 0 Å². The van der Waals surface area contributed by atoms with Gasteiger partial charge in [-0.1, -0.05) is 37.8 Å². The SMILES string of the molecule is CCCCCc1ccc(-c2cc(F)c(-c3cc(F)c(-c4cc(F)c(C#CC(F)(F)F)c(F)c4)c(F)c3)c(F)c2)c(F)c1. The van der Waals surface area contributed by atoms with Crippen LogP contribution in [-0.4, -0.2) is 6.18 Å². The lowest BCUT2D eigenvalue weighted by Crippen LogP contribution is -2.03. The average molecular weight is 594 g/mol. The molecule has 0 unspecified atom stereocenters. The van der Waals surface area contributed by atoms with Crippen LogP contribution in [0.25, 0.3) is 33.4 Å². The van der Waals surface area contributed by atoms with E-state index in [2.05, 4.69) is 0 Å². The second kappa shape index (κ2) is 12.3. The molecule has 0 aliphatic rings.